The second-order valence-corrected chi connectivity index (χ2v) is 6.71. The first-order valence-electron chi connectivity index (χ1n) is 7.80. The molecular formula is C17H22N2O3. The van der Waals surface area contributed by atoms with E-state index in [9.17, 15) is 15.0 Å². The van der Waals surface area contributed by atoms with Gasteiger partial charge in [-0.25, -0.2) is 5.43 Å². The van der Waals surface area contributed by atoms with Crippen molar-refractivity contribution in [3.63, 3.8) is 0 Å². The van der Waals surface area contributed by atoms with Gasteiger partial charge in [-0.3, -0.25) is 4.79 Å². The number of fused-ring (bicyclic) bond motifs is 1. The highest BCUT2D eigenvalue weighted by atomic mass is 16.3. The number of hydrogen-bond acceptors (Lipinski definition) is 4. The van der Waals surface area contributed by atoms with Crippen molar-refractivity contribution in [2.75, 3.05) is 0 Å². The average Bonchev–Trinajstić information content (AvgIpc) is 3.10. The van der Waals surface area contributed by atoms with Gasteiger partial charge < -0.3 is 10.2 Å². The van der Waals surface area contributed by atoms with Crippen LogP contribution in [0.4, 0.5) is 0 Å². The summed E-state index contributed by atoms with van der Waals surface area (Å²) in [5.41, 5.74) is 3.81. The monoisotopic (exact) mass is 302 g/mol. The fourth-order valence-corrected chi connectivity index (χ4v) is 3.95. The van der Waals surface area contributed by atoms with Crippen LogP contribution >= 0.6 is 0 Å². The molecule has 0 radical (unpaired) electrons. The Labute approximate surface area is 130 Å². The summed E-state index contributed by atoms with van der Waals surface area (Å²) in [6, 6.07) is 4.31. The Balaban J connectivity index is 1.67. The van der Waals surface area contributed by atoms with Crippen molar-refractivity contribution in [3.8, 4) is 11.5 Å². The van der Waals surface area contributed by atoms with Crippen molar-refractivity contribution in [1.29, 1.82) is 0 Å². The second-order valence-electron chi connectivity index (χ2n) is 6.71. The van der Waals surface area contributed by atoms with Gasteiger partial charge in [-0.2, -0.15) is 5.10 Å². The highest BCUT2D eigenvalue weighted by Gasteiger charge is 2.64. The Morgan fingerprint density at radius 2 is 2.14 bits per heavy atom. The number of hydrazone groups is 1. The summed E-state index contributed by atoms with van der Waals surface area (Å²) in [7, 11) is 0. The molecule has 0 unspecified atom stereocenters. The number of nitrogens with zero attached hydrogens (tertiary/aromatic N) is 1. The molecule has 0 heterocycles. The lowest BCUT2D eigenvalue weighted by Gasteiger charge is -2.15. The van der Waals surface area contributed by atoms with Crippen LogP contribution < -0.4 is 5.43 Å². The Morgan fingerprint density at radius 3 is 2.77 bits per heavy atom. The molecule has 2 aliphatic rings. The van der Waals surface area contributed by atoms with Gasteiger partial charge in [-0.05, 0) is 43.2 Å². The maximum absolute atomic E-state index is 12.3. The molecule has 5 heteroatoms. The molecule has 1 aromatic carbocycles. The first-order valence-corrected chi connectivity index (χ1v) is 7.80. The van der Waals surface area contributed by atoms with Crippen LogP contribution in [0, 0.1) is 17.3 Å². The summed E-state index contributed by atoms with van der Waals surface area (Å²) in [6.45, 7) is 3.91. The summed E-state index contributed by atoms with van der Waals surface area (Å²) < 4.78 is 0. The van der Waals surface area contributed by atoms with Gasteiger partial charge in [0.2, 0.25) is 5.91 Å². The Kier molecular flexibility index (Phi) is 3.59. The molecule has 1 aromatic rings. The standard InChI is InChI=1S/C17H22N2O3/c1-10(12-7-6-11(20)9-14(12)21)18-19-16(22)15-13-5-3-4-8-17(13,15)2/h6-7,9,13,15,20-21H,3-5,8H2,1-2H3,(H,19,22)/b18-10-/t13-,15-,17+/m0/s1. The van der Waals surface area contributed by atoms with Gasteiger partial charge >= 0.3 is 0 Å². The van der Waals surface area contributed by atoms with Crippen LogP contribution in [0.3, 0.4) is 0 Å². The highest BCUT2D eigenvalue weighted by Crippen LogP contribution is 2.66. The quantitative estimate of drug-likeness (QED) is 0.593. The minimum absolute atomic E-state index is 0.00642. The number of carbonyl (C=O) groups excluding carboxylic acids is 1. The summed E-state index contributed by atoms with van der Waals surface area (Å²) in [6.07, 6.45) is 4.68. The number of phenolic OH excluding ortho intramolecular Hbond substituents is 2. The van der Waals surface area contributed by atoms with E-state index < -0.39 is 0 Å². The number of benzene rings is 1. The predicted octanol–water partition coefficient (Wildman–Crippen LogP) is 2.76. The van der Waals surface area contributed by atoms with Crippen LogP contribution in [0.2, 0.25) is 0 Å². The van der Waals surface area contributed by atoms with Crippen molar-refractivity contribution in [1.82, 2.24) is 5.43 Å². The fourth-order valence-electron chi connectivity index (χ4n) is 3.95. The largest absolute Gasteiger partial charge is 0.508 e. The molecule has 2 fully saturated rings. The SMILES string of the molecule is C/C(=N/NC(=O)[C@@H]1[C@@H]2CCCC[C@@]12C)c1ccc(O)cc1O. The molecule has 22 heavy (non-hydrogen) atoms. The van der Waals surface area contributed by atoms with E-state index >= 15 is 0 Å². The molecule has 5 nitrogen and oxygen atoms in total. The zero-order chi connectivity index (χ0) is 15.9. The molecular weight excluding hydrogens is 280 g/mol. The molecule has 0 saturated heterocycles. The third kappa shape index (κ3) is 2.45. The van der Waals surface area contributed by atoms with Crippen LogP contribution in [-0.4, -0.2) is 21.8 Å². The van der Waals surface area contributed by atoms with Crippen molar-refractivity contribution < 1.29 is 15.0 Å². The predicted molar refractivity (Wildman–Crippen MR) is 83.7 cm³/mol. The molecule has 3 atom stereocenters. The maximum atomic E-state index is 12.3. The molecule has 3 N–H and O–H groups in total. The van der Waals surface area contributed by atoms with Gasteiger partial charge in [0, 0.05) is 17.5 Å². The number of amides is 1. The lowest BCUT2D eigenvalue weighted by molar-refractivity contribution is -0.123. The summed E-state index contributed by atoms with van der Waals surface area (Å²) >= 11 is 0. The Bertz CT molecular complexity index is 641. The molecule has 0 spiro atoms. The van der Waals surface area contributed by atoms with Crippen LogP contribution in [0.15, 0.2) is 23.3 Å². The first-order chi connectivity index (χ1) is 10.4. The van der Waals surface area contributed by atoms with E-state index in [1.807, 2.05) is 0 Å². The molecule has 1 amide bonds. The first kappa shape index (κ1) is 14.9. The van der Waals surface area contributed by atoms with E-state index in [0.717, 1.165) is 12.8 Å². The zero-order valence-corrected chi connectivity index (χ0v) is 13.0. The highest BCUT2D eigenvalue weighted by molar-refractivity contribution is 6.01. The minimum Gasteiger partial charge on any atom is -0.508 e. The van der Waals surface area contributed by atoms with Gasteiger partial charge in [0.15, 0.2) is 0 Å². The lowest BCUT2D eigenvalue weighted by atomic mass is 9.90. The number of carbonyl (C=O) groups is 1. The number of phenols is 2. The van der Waals surface area contributed by atoms with Crippen molar-refractivity contribution in [2.24, 2.45) is 22.4 Å². The molecule has 118 valence electrons. The van der Waals surface area contributed by atoms with Gasteiger partial charge in [0.05, 0.1) is 5.71 Å². The van der Waals surface area contributed by atoms with E-state index in [0.29, 0.717) is 17.2 Å². The van der Waals surface area contributed by atoms with Gasteiger partial charge in [-0.1, -0.05) is 19.8 Å². The van der Waals surface area contributed by atoms with Crippen molar-refractivity contribution in [3.05, 3.63) is 23.8 Å². The number of rotatable bonds is 3. The van der Waals surface area contributed by atoms with E-state index in [-0.39, 0.29) is 28.7 Å². The lowest BCUT2D eigenvalue weighted by Crippen LogP contribution is -2.23. The van der Waals surface area contributed by atoms with Gasteiger partial charge in [0.1, 0.15) is 11.5 Å². The number of hydrogen-bond donors (Lipinski definition) is 3. The summed E-state index contributed by atoms with van der Waals surface area (Å²) in [4.78, 5) is 12.3. The minimum atomic E-state index is -0.0532. The Morgan fingerprint density at radius 1 is 1.36 bits per heavy atom. The molecule has 2 aliphatic carbocycles. The van der Waals surface area contributed by atoms with E-state index in [4.69, 9.17) is 0 Å². The van der Waals surface area contributed by atoms with Crippen LogP contribution in [-0.2, 0) is 4.79 Å². The normalized spacial score (nSPS) is 30.5. The Hall–Kier alpha value is -2.04. The molecule has 0 bridgehead atoms. The fraction of sp³-hybridized carbons (Fsp3) is 0.529. The summed E-state index contributed by atoms with van der Waals surface area (Å²) in [5.74, 6) is 0.487. The topological polar surface area (TPSA) is 81.9 Å². The van der Waals surface area contributed by atoms with Crippen LogP contribution in [0.5, 0.6) is 11.5 Å². The van der Waals surface area contributed by atoms with Crippen LogP contribution in [0.25, 0.3) is 0 Å². The van der Waals surface area contributed by atoms with E-state index in [1.54, 1.807) is 13.0 Å². The third-order valence-corrected chi connectivity index (χ3v) is 5.32. The van der Waals surface area contributed by atoms with E-state index in [1.165, 1.54) is 25.0 Å². The van der Waals surface area contributed by atoms with Crippen molar-refractivity contribution in [2.45, 2.75) is 39.5 Å². The van der Waals surface area contributed by atoms with Gasteiger partial charge in [-0.15, -0.1) is 0 Å². The average molecular weight is 302 g/mol. The molecule has 0 aliphatic heterocycles. The number of nitrogens with one attached hydrogen (secondary N) is 1. The number of aromatic hydroxyl groups is 2. The molecule has 3 rings (SSSR count). The van der Waals surface area contributed by atoms with E-state index in [2.05, 4.69) is 17.5 Å². The molecule has 2 saturated carbocycles. The zero-order valence-electron chi connectivity index (χ0n) is 13.0. The van der Waals surface area contributed by atoms with Crippen LogP contribution in [0.1, 0.15) is 45.1 Å². The second kappa shape index (κ2) is 5.30. The smallest absolute Gasteiger partial charge is 0.244 e. The summed E-state index contributed by atoms with van der Waals surface area (Å²) in [5, 5.41) is 23.2. The van der Waals surface area contributed by atoms with Crippen molar-refractivity contribution >= 4 is 11.6 Å². The molecule has 0 aromatic heterocycles. The third-order valence-electron chi connectivity index (χ3n) is 5.32. The van der Waals surface area contributed by atoms with Gasteiger partial charge in [0.25, 0.3) is 0 Å². The maximum Gasteiger partial charge on any atom is 0.244 e.